The zero-order chi connectivity index (χ0) is 14.7. The maximum Gasteiger partial charge on any atom is 0.170 e. The van der Waals surface area contributed by atoms with Crippen molar-refractivity contribution >= 4 is 17.2 Å². The minimum Gasteiger partial charge on any atom is -0.486 e. The number of rotatable bonds is 4. The second-order valence-corrected chi connectivity index (χ2v) is 5.79. The van der Waals surface area contributed by atoms with Crippen molar-refractivity contribution in [2.45, 2.75) is 27.4 Å². The van der Waals surface area contributed by atoms with Gasteiger partial charge in [0, 0.05) is 10.4 Å². The van der Waals surface area contributed by atoms with Crippen LogP contribution >= 0.6 is 11.3 Å². The Morgan fingerprint density at radius 1 is 1.40 bits per heavy atom. The van der Waals surface area contributed by atoms with Crippen LogP contribution in [0.5, 0.6) is 5.75 Å². The Bertz CT molecular complexity index is 630. The molecule has 0 atom stereocenters. The highest BCUT2D eigenvalue weighted by molar-refractivity contribution is 7.11. The fourth-order valence-corrected chi connectivity index (χ4v) is 2.56. The molecule has 0 aliphatic heterocycles. The van der Waals surface area contributed by atoms with Crippen LogP contribution < -0.4 is 10.5 Å². The summed E-state index contributed by atoms with van der Waals surface area (Å²) >= 11 is 1.63. The molecule has 2 aromatic rings. The number of aromatic nitrogens is 1. The van der Waals surface area contributed by atoms with Crippen LogP contribution in [0.25, 0.3) is 0 Å². The van der Waals surface area contributed by atoms with Crippen molar-refractivity contribution in [3.63, 3.8) is 0 Å². The molecular formula is C14H17N3O2S. The molecule has 0 spiro atoms. The molecule has 0 aliphatic rings. The molecule has 6 heteroatoms. The zero-order valence-corrected chi connectivity index (χ0v) is 12.5. The molecule has 1 aromatic heterocycles. The molecule has 2 rings (SSSR count). The summed E-state index contributed by atoms with van der Waals surface area (Å²) in [6.45, 7) is 6.39. The fraction of sp³-hybridized carbons (Fsp3) is 0.286. The Morgan fingerprint density at radius 3 is 2.75 bits per heavy atom. The molecule has 0 saturated carbocycles. The van der Waals surface area contributed by atoms with Crippen molar-refractivity contribution in [2.24, 2.45) is 10.9 Å². The molecule has 0 bridgehead atoms. The Kier molecular flexibility index (Phi) is 4.24. The maximum atomic E-state index is 8.70. The third kappa shape index (κ3) is 3.08. The van der Waals surface area contributed by atoms with Gasteiger partial charge in [-0.05, 0) is 32.4 Å². The van der Waals surface area contributed by atoms with Crippen LogP contribution in [0.2, 0.25) is 0 Å². The van der Waals surface area contributed by atoms with E-state index in [4.69, 9.17) is 15.7 Å². The molecule has 0 fully saturated rings. The number of hydrogen-bond acceptors (Lipinski definition) is 5. The second kappa shape index (κ2) is 5.92. The number of hydrogen-bond donors (Lipinski definition) is 2. The number of nitrogens with two attached hydrogens (primary N) is 1. The number of benzene rings is 1. The summed E-state index contributed by atoms with van der Waals surface area (Å²) in [4.78, 5) is 5.63. The first-order valence-corrected chi connectivity index (χ1v) is 6.97. The van der Waals surface area contributed by atoms with E-state index < -0.39 is 0 Å². The van der Waals surface area contributed by atoms with E-state index in [1.165, 1.54) is 4.88 Å². The van der Waals surface area contributed by atoms with Gasteiger partial charge in [-0.3, -0.25) is 0 Å². The first-order valence-electron chi connectivity index (χ1n) is 6.15. The van der Waals surface area contributed by atoms with Crippen LogP contribution in [-0.4, -0.2) is 16.0 Å². The van der Waals surface area contributed by atoms with Gasteiger partial charge in [0.05, 0.1) is 5.69 Å². The molecule has 1 heterocycles. The van der Waals surface area contributed by atoms with Gasteiger partial charge in [0.1, 0.15) is 17.4 Å². The highest BCUT2D eigenvalue weighted by atomic mass is 32.1. The summed E-state index contributed by atoms with van der Waals surface area (Å²) in [6, 6.07) is 5.42. The molecular weight excluding hydrogens is 274 g/mol. The van der Waals surface area contributed by atoms with Crippen molar-refractivity contribution < 1.29 is 9.94 Å². The maximum absolute atomic E-state index is 8.70. The van der Waals surface area contributed by atoms with Crippen LogP contribution in [0.1, 0.15) is 26.7 Å². The zero-order valence-electron chi connectivity index (χ0n) is 11.7. The molecule has 0 radical (unpaired) electrons. The number of ether oxygens (including phenoxy) is 1. The van der Waals surface area contributed by atoms with Gasteiger partial charge in [0.2, 0.25) is 0 Å². The standard InChI is InChI=1S/C14H17N3O2S/c1-8-4-5-11(14(15)17-18)6-12(8)19-7-13-16-9(2)10(3)20-13/h4-6,18H,7H2,1-3H3,(H2,15,17). The van der Waals surface area contributed by atoms with Crippen molar-refractivity contribution in [3.05, 3.63) is 44.9 Å². The number of amidine groups is 1. The van der Waals surface area contributed by atoms with E-state index in [-0.39, 0.29) is 5.84 Å². The molecule has 5 nitrogen and oxygen atoms in total. The molecule has 0 amide bonds. The van der Waals surface area contributed by atoms with Crippen molar-refractivity contribution in [1.82, 2.24) is 4.98 Å². The Morgan fingerprint density at radius 2 is 2.15 bits per heavy atom. The van der Waals surface area contributed by atoms with Gasteiger partial charge in [0.25, 0.3) is 0 Å². The van der Waals surface area contributed by atoms with Gasteiger partial charge in [-0.15, -0.1) is 11.3 Å². The Labute approximate surface area is 121 Å². The molecule has 0 unspecified atom stereocenters. The van der Waals surface area contributed by atoms with Crippen LogP contribution in [0.3, 0.4) is 0 Å². The van der Waals surface area contributed by atoms with E-state index >= 15 is 0 Å². The largest absolute Gasteiger partial charge is 0.486 e. The van der Waals surface area contributed by atoms with Crippen molar-refractivity contribution in [3.8, 4) is 5.75 Å². The third-order valence-corrected chi connectivity index (χ3v) is 4.06. The smallest absolute Gasteiger partial charge is 0.170 e. The fourth-order valence-electron chi connectivity index (χ4n) is 1.71. The van der Waals surface area contributed by atoms with E-state index in [1.54, 1.807) is 23.5 Å². The molecule has 20 heavy (non-hydrogen) atoms. The van der Waals surface area contributed by atoms with E-state index in [1.807, 2.05) is 26.8 Å². The van der Waals surface area contributed by atoms with Crippen LogP contribution in [0.4, 0.5) is 0 Å². The second-order valence-electron chi connectivity index (χ2n) is 4.50. The van der Waals surface area contributed by atoms with E-state index in [0.29, 0.717) is 17.9 Å². The normalized spacial score (nSPS) is 11.7. The first kappa shape index (κ1) is 14.3. The highest BCUT2D eigenvalue weighted by Gasteiger charge is 2.08. The van der Waals surface area contributed by atoms with Crippen LogP contribution in [0, 0.1) is 20.8 Å². The first-order chi connectivity index (χ1) is 9.51. The highest BCUT2D eigenvalue weighted by Crippen LogP contribution is 2.23. The SMILES string of the molecule is Cc1ccc(/C(N)=N/O)cc1OCc1nc(C)c(C)s1. The minimum atomic E-state index is 0.0655. The molecule has 3 N–H and O–H groups in total. The quantitative estimate of drug-likeness (QED) is 0.393. The lowest BCUT2D eigenvalue weighted by Crippen LogP contribution is -2.13. The van der Waals surface area contributed by atoms with Crippen LogP contribution in [0.15, 0.2) is 23.4 Å². The number of aryl methyl sites for hydroxylation is 3. The lowest BCUT2D eigenvalue weighted by atomic mass is 10.1. The number of thiazole rings is 1. The summed E-state index contributed by atoms with van der Waals surface area (Å²) in [5.41, 5.74) is 8.23. The predicted molar refractivity (Wildman–Crippen MR) is 79.6 cm³/mol. The average Bonchev–Trinajstić information content (AvgIpc) is 2.76. The molecule has 1 aromatic carbocycles. The number of nitrogens with zero attached hydrogens (tertiary/aromatic N) is 2. The van der Waals surface area contributed by atoms with Gasteiger partial charge in [-0.1, -0.05) is 17.3 Å². The van der Waals surface area contributed by atoms with Gasteiger partial charge >= 0.3 is 0 Å². The third-order valence-electron chi connectivity index (χ3n) is 3.02. The van der Waals surface area contributed by atoms with Gasteiger partial charge < -0.3 is 15.7 Å². The van der Waals surface area contributed by atoms with E-state index in [0.717, 1.165) is 16.3 Å². The predicted octanol–water partition coefficient (Wildman–Crippen LogP) is 2.74. The monoisotopic (exact) mass is 291 g/mol. The van der Waals surface area contributed by atoms with E-state index in [9.17, 15) is 0 Å². The minimum absolute atomic E-state index is 0.0655. The summed E-state index contributed by atoms with van der Waals surface area (Å²) in [6.07, 6.45) is 0. The molecule has 0 aliphatic carbocycles. The van der Waals surface area contributed by atoms with Crippen LogP contribution in [-0.2, 0) is 6.61 Å². The Balaban J connectivity index is 2.16. The van der Waals surface area contributed by atoms with Gasteiger partial charge in [-0.25, -0.2) is 4.98 Å². The van der Waals surface area contributed by atoms with Gasteiger partial charge in [-0.2, -0.15) is 0 Å². The van der Waals surface area contributed by atoms with Gasteiger partial charge in [0.15, 0.2) is 5.84 Å². The Hall–Kier alpha value is -2.08. The average molecular weight is 291 g/mol. The molecule has 106 valence electrons. The summed E-state index contributed by atoms with van der Waals surface area (Å²) < 4.78 is 5.78. The van der Waals surface area contributed by atoms with Crippen molar-refractivity contribution in [2.75, 3.05) is 0 Å². The lowest BCUT2D eigenvalue weighted by molar-refractivity contribution is 0.303. The van der Waals surface area contributed by atoms with E-state index in [2.05, 4.69) is 10.1 Å². The lowest BCUT2D eigenvalue weighted by Gasteiger charge is -2.09. The summed E-state index contributed by atoms with van der Waals surface area (Å²) in [5, 5.41) is 12.6. The topological polar surface area (TPSA) is 80.7 Å². The molecule has 0 saturated heterocycles. The summed E-state index contributed by atoms with van der Waals surface area (Å²) in [5.74, 6) is 0.774. The van der Waals surface area contributed by atoms with Crippen molar-refractivity contribution in [1.29, 1.82) is 0 Å². The summed E-state index contributed by atoms with van der Waals surface area (Å²) in [7, 11) is 0. The number of oxime groups is 1.